The second kappa shape index (κ2) is 5.20. The molecule has 1 atom stereocenters. The van der Waals surface area contributed by atoms with Crippen molar-refractivity contribution in [3.05, 3.63) is 16.9 Å². The summed E-state index contributed by atoms with van der Waals surface area (Å²) >= 11 is 0. The van der Waals surface area contributed by atoms with Crippen molar-refractivity contribution in [2.45, 2.75) is 39.3 Å². The molecule has 0 aromatic heterocycles. The maximum Gasteiger partial charge on any atom is 0.408 e. The summed E-state index contributed by atoms with van der Waals surface area (Å²) in [5.74, 6) is -0.261. The van der Waals surface area contributed by atoms with Gasteiger partial charge in [-0.05, 0) is 27.7 Å². The molecule has 6 nitrogen and oxygen atoms in total. The fraction of sp³-hybridized carbons (Fsp3) is 0.667. The minimum absolute atomic E-state index is 0.261. The summed E-state index contributed by atoms with van der Waals surface area (Å²) in [7, 11) is 0. The molecule has 0 spiro atoms. The number of hydrogen-bond acceptors (Lipinski definition) is 4. The Morgan fingerprint density at radius 3 is 2.53 bits per heavy atom. The lowest BCUT2D eigenvalue weighted by Crippen LogP contribution is -2.38. The third-order valence-electron chi connectivity index (χ3n) is 1.37. The van der Waals surface area contributed by atoms with Crippen LogP contribution in [0.3, 0.4) is 0 Å². The summed E-state index contributed by atoms with van der Waals surface area (Å²) in [6.07, 6.45) is 0.190. The monoisotopic (exact) mass is 214 g/mol. The van der Waals surface area contributed by atoms with E-state index < -0.39 is 17.7 Å². The Kier molecular flexibility index (Phi) is 4.58. The number of ether oxygens (including phenoxy) is 1. The van der Waals surface area contributed by atoms with Crippen LogP contribution in [0.5, 0.6) is 0 Å². The van der Waals surface area contributed by atoms with Crippen LogP contribution >= 0.6 is 0 Å². The molecule has 1 amide bonds. The van der Waals surface area contributed by atoms with Crippen LogP contribution in [-0.2, 0) is 4.74 Å². The van der Waals surface area contributed by atoms with Gasteiger partial charge >= 0.3 is 12.3 Å². The maximum atomic E-state index is 11.2. The summed E-state index contributed by atoms with van der Waals surface area (Å²) in [6.45, 7) is 6.73. The average molecular weight is 214 g/mol. The van der Waals surface area contributed by atoms with E-state index in [9.17, 15) is 9.90 Å². The molecule has 84 valence electrons. The second-order valence-corrected chi connectivity index (χ2v) is 4.04. The molecule has 0 bridgehead atoms. The van der Waals surface area contributed by atoms with Gasteiger partial charge in [0.2, 0.25) is 11.2 Å². The number of diazo groups is 1. The molecular weight excluding hydrogens is 198 g/mol. The van der Waals surface area contributed by atoms with E-state index >= 15 is 0 Å². The highest BCUT2D eigenvalue weighted by Crippen LogP contribution is 2.07. The SMILES string of the molecule is C[C@H](NC(=O)OC(C)(C)C)/C(O)=C/[N+]#N. The predicted octanol–water partition coefficient (Wildman–Crippen LogP) is 2.15. The molecule has 0 aromatic rings. The van der Waals surface area contributed by atoms with Gasteiger partial charge in [0.15, 0.2) is 4.98 Å². The van der Waals surface area contributed by atoms with Gasteiger partial charge in [0, 0.05) is 0 Å². The Morgan fingerprint density at radius 2 is 2.13 bits per heavy atom. The molecule has 0 unspecified atom stereocenters. The molecule has 0 aromatic carbocycles. The highest BCUT2D eigenvalue weighted by atomic mass is 16.6. The van der Waals surface area contributed by atoms with Gasteiger partial charge in [-0.1, -0.05) is 0 Å². The molecule has 0 radical (unpaired) electrons. The lowest BCUT2D eigenvalue weighted by Gasteiger charge is -2.21. The molecule has 0 fully saturated rings. The molecule has 0 heterocycles. The third-order valence-corrected chi connectivity index (χ3v) is 1.37. The lowest BCUT2D eigenvalue weighted by atomic mass is 10.2. The number of alkyl carbamates (subject to hydrolysis) is 1. The summed E-state index contributed by atoms with van der Waals surface area (Å²) in [6, 6.07) is -0.671. The van der Waals surface area contributed by atoms with E-state index in [0.717, 1.165) is 6.20 Å². The maximum absolute atomic E-state index is 11.2. The van der Waals surface area contributed by atoms with Crippen molar-refractivity contribution in [3.8, 4) is 0 Å². The number of amides is 1. The van der Waals surface area contributed by atoms with Gasteiger partial charge in [0.25, 0.3) is 0 Å². The van der Waals surface area contributed by atoms with Crippen molar-refractivity contribution >= 4 is 6.09 Å². The second-order valence-electron chi connectivity index (χ2n) is 4.04. The Bertz CT molecular complexity index is 299. The first-order valence-corrected chi connectivity index (χ1v) is 4.49. The molecular formula is C9H16N3O3+. The summed E-state index contributed by atoms with van der Waals surface area (Å²) in [5.41, 5.74) is -0.593. The van der Waals surface area contributed by atoms with Gasteiger partial charge in [-0.2, -0.15) is 0 Å². The number of rotatable bonds is 2. The van der Waals surface area contributed by atoms with E-state index in [1.807, 2.05) is 0 Å². The fourth-order valence-electron chi connectivity index (χ4n) is 0.729. The summed E-state index contributed by atoms with van der Waals surface area (Å²) in [4.78, 5) is 13.8. The fourth-order valence-corrected chi connectivity index (χ4v) is 0.729. The van der Waals surface area contributed by atoms with Gasteiger partial charge in [-0.15, -0.1) is 0 Å². The van der Waals surface area contributed by atoms with Gasteiger partial charge in [0.1, 0.15) is 5.60 Å². The van der Waals surface area contributed by atoms with Crippen molar-refractivity contribution in [1.82, 2.24) is 5.32 Å². The van der Waals surface area contributed by atoms with Crippen LogP contribution in [-0.4, -0.2) is 22.8 Å². The number of carbonyl (C=O) groups is 1. The number of hydrogen-bond donors (Lipinski definition) is 2. The molecule has 0 saturated heterocycles. The smallest absolute Gasteiger partial charge is 0.408 e. The molecule has 0 aliphatic rings. The standard InChI is InChI=1S/C9H15N3O3/c1-6(7(13)5-11-10)12-8(14)15-9(2,3)4/h5-6H,1-4H3,(H-,12,13,14)/p+1/b7-5-/t6-/m0/s1. The van der Waals surface area contributed by atoms with E-state index in [2.05, 4.69) is 10.3 Å². The largest absolute Gasteiger partial charge is 0.504 e. The zero-order valence-corrected chi connectivity index (χ0v) is 9.31. The minimum Gasteiger partial charge on any atom is -0.504 e. The molecule has 0 rings (SSSR count). The van der Waals surface area contributed by atoms with E-state index in [-0.39, 0.29) is 5.76 Å². The summed E-state index contributed by atoms with van der Waals surface area (Å²) in [5, 5.41) is 19.7. The van der Waals surface area contributed by atoms with Gasteiger partial charge in [-0.3, -0.25) is 0 Å². The quantitative estimate of drug-likeness (QED) is 0.544. The zero-order valence-electron chi connectivity index (χ0n) is 9.31. The van der Waals surface area contributed by atoms with Crippen molar-refractivity contribution in [2.75, 3.05) is 0 Å². The van der Waals surface area contributed by atoms with Crippen LogP contribution < -0.4 is 5.32 Å². The van der Waals surface area contributed by atoms with Crippen LogP contribution in [0.4, 0.5) is 4.79 Å². The van der Waals surface area contributed by atoms with Gasteiger partial charge < -0.3 is 15.2 Å². The highest BCUT2D eigenvalue weighted by Gasteiger charge is 2.20. The highest BCUT2D eigenvalue weighted by molar-refractivity contribution is 5.68. The Morgan fingerprint density at radius 1 is 1.60 bits per heavy atom. The Hall–Kier alpha value is -1.77. The number of aliphatic hydroxyl groups is 1. The number of aliphatic hydroxyl groups excluding tert-OH is 1. The molecule has 0 aliphatic carbocycles. The summed E-state index contributed by atoms with van der Waals surface area (Å²) < 4.78 is 4.96. The minimum atomic E-state index is -0.671. The van der Waals surface area contributed by atoms with Gasteiger partial charge in [0.05, 0.1) is 6.04 Å². The van der Waals surface area contributed by atoms with Crippen LogP contribution in [0.2, 0.25) is 0 Å². The predicted molar refractivity (Wildman–Crippen MR) is 54.6 cm³/mol. The van der Waals surface area contributed by atoms with Crippen molar-refractivity contribution in [3.63, 3.8) is 0 Å². The van der Waals surface area contributed by atoms with Crippen LogP contribution in [0, 0.1) is 5.39 Å². The number of nitrogens with one attached hydrogen (secondary N) is 1. The molecule has 0 saturated carbocycles. The van der Waals surface area contributed by atoms with E-state index in [0.29, 0.717) is 0 Å². The molecule has 15 heavy (non-hydrogen) atoms. The van der Waals surface area contributed by atoms with Gasteiger partial charge in [-0.25, -0.2) is 4.79 Å². The van der Waals surface area contributed by atoms with E-state index in [4.69, 9.17) is 10.1 Å². The topological polar surface area (TPSA) is 86.7 Å². The van der Waals surface area contributed by atoms with E-state index in [1.54, 1.807) is 20.8 Å². The van der Waals surface area contributed by atoms with Crippen LogP contribution in [0.25, 0.3) is 4.98 Å². The zero-order chi connectivity index (χ0) is 12.1. The first-order chi connectivity index (χ1) is 6.76. The third kappa shape index (κ3) is 6.32. The Labute approximate surface area is 88.5 Å². The molecule has 2 N–H and O–H groups in total. The molecule has 0 aliphatic heterocycles. The first kappa shape index (κ1) is 13.2. The van der Waals surface area contributed by atoms with Crippen LogP contribution in [0.1, 0.15) is 27.7 Å². The van der Waals surface area contributed by atoms with Crippen molar-refractivity contribution < 1.29 is 14.6 Å². The van der Waals surface area contributed by atoms with E-state index in [1.165, 1.54) is 6.92 Å². The van der Waals surface area contributed by atoms with Crippen molar-refractivity contribution in [1.29, 1.82) is 5.39 Å². The first-order valence-electron chi connectivity index (χ1n) is 4.49. The Balaban J connectivity index is 4.21. The normalized spacial score (nSPS) is 13.9. The van der Waals surface area contributed by atoms with Crippen LogP contribution in [0.15, 0.2) is 12.0 Å². The molecule has 6 heteroatoms. The van der Waals surface area contributed by atoms with Crippen molar-refractivity contribution in [2.24, 2.45) is 0 Å². The number of nitrogens with zero attached hydrogens (tertiary/aromatic N) is 2. The average Bonchev–Trinajstić information content (AvgIpc) is 2.00. The lowest BCUT2D eigenvalue weighted by molar-refractivity contribution is 0.0506. The number of carbonyl (C=O) groups excluding carboxylic acids is 1.